The summed E-state index contributed by atoms with van der Waals surface area (Å²) in [6, 6.07) is -0.464. The van der Waals surface area contributed by atoms with Gasteiger partial charge in [0, 0.05) is 83.7 Å². The molecule has 13 atom stereocenters. The van der Waals surface area contributed by atoms with Crippen molar-refractivity contribution in [1.29, 1.82) is 0 Å². The third kappa shape index (κ3) is 2.42. The van der Waals surface area contributed by atoms with Gasteiger partial charge in [-0.15, -0.1) is 0 Å². The zero-order valence-electron chi connectivity index (χ0n) is 21.6. The minimum Gasteiger partial charge on any atom is -0.462 e. The molecule has 1 N–H and O–H groups in total. The molecule has 6 aliphatic rings. The lowest BCUT2D eigenvalue weighted by Gasteiger charge is -2.66. The predicted octanol–water partition coefficient (Wildman–Crippen LogP) is 1.24. The Morgan fingerprint density at radius 3 is 2.51 bits per heavy atom. The Bertz CT molecular complexity index is 929. The molecule has 5 fully saturated rings. The highest BCUT2D eigenvalue weighted by atomic mass is 16.6. The summed E-state index contributed by atoms with van der Waals surface area (Å²) in [6.45, 7) is 1.95. The van der Waals surface area contributed by atoms with Crippen molar-refractivity contribution in [2.45, 2.75) is 74.3 Å². The van der Waals surface area contributed by atoms with E-state index < -0.39 is 34.9 Å². The highest BCUT2D eigenvalue weighted by molar-refractivity contribution is 5.72. The van der Waals surface area contributed by atoms with Gasteiger partial charge in [0.1, 0.15) is 17.3 Å². The first kappa shape index (κ1) is 24.2. The lowest BCUT2D eigenvalue weighted by molar-refractivity contribution is -0.301. The summed E-state index contributed by atoms with van der Waals surface area (Å²) >= 11 is 0. The number of hydrogen-bond donors (Lipinski definition) is 1. The van der Waals surface area contributed by atoms with Crippen molar-refractivity contribution >= 4 is 12.2 Å². The summed E-state index contributed by atoms with van der Waals surface area (Å²) < 4.78 is 36.9. The number of aliphatic imine (C=N–C) groups is 1. The van der Waals surface area contributed by atoms with Crippen LogP contribution >= 0.6 is 0 Å². The van der Waals surface area contributed by atoms with E-state index in [9.17, 15) is 9.90 Å². The molecule has 5 aliphatic carbocycles. The van der Waals surface area contributed by atoms with Crippen molar-refractivity contribution in [3.05, 3.63) is 0 Å². The standard InChI is InChI=1S/C26H39NO8/c1-13(28)35-19-14-9-15-18(19)24(34-6,10-16(14)31-3)26(29)21(33-5)20-23(12-30-2)8-7-17(32-4)25(15,20)22(26)27-11-23/h11,14-22,29H,7-10,12H2,1-6H3/t14-,15?,16+,17+,18?,19+,20?,21+,22+,23+,24-,25+,26-/m1/s1. The number of fused-ring (bicyclic) bond motifs is 2. The van der Waals surface area contributed by atoms with Crippen LogP contribution in [0.5, 0.6) is 0 Å². The molecule has 9 nitrogen and oxygen atoms in total. The molecule has 0 aromatic carbocycles. The summed E-state index contributed by atoms with van der Waals surface area (Å²) in [7, 11) is 8.51. The van der Waals surface area contributed by atoms with Crippen LogP contribution in [0.4, 0.5) is 0 Å². The SMILES string of the molecule is COC[C@]12C=N[C@H]3[C@@]4(C5C[C@@H]6[C@@H](OC)C[C@@](OC)(C5[C@H]6OC(C)=O)[C@@]3(O)[C@@H](OC)C14)[C@@H](OC)CC2. The van der Waals surface area contributed by atoms with E-state index in [0.29, 0.717) is 13.0 Å². The maximum atomic E-state index is 13.1. The Labute approximate surface area is 206 Å². The molecule has 1 spiro atoms. The quantitative estimate of drug-likeness (QED) is 0.529. The average Bonchev–Trinajstić information content (AvgIpc) is 3.18. The van der Waals surface area contributed by atoms with Gasteiger partial charge in [-0.3, -0.25) is 9.79 Å². The van der Waals surface area contributed by atoms with Crippen molar-refractivity contribution in [2.24, 2.45) is 39.5 Å². The molecule has 3 unspecified atom stereocenters. The summed E-state index contributed by atoms with van der Waals surface area (Å²) in [5.74, 6) is -0.563. The molecule has 7 bridgehead atoms. The number of nitrogens with zero attached hydrogens (tertiary/aromatic N) is 1. The predicted molar refractivity (Wildman–Crippen MR) is 124 cm³/mol. The molecular formula is C26H39NO8. The minimum atomic E-state index is -1.46. The van der Waals surface area contributed by atoms with Crippen LogP contribution in [0.15, 0.2) is 4.99 Å². The summed E-state index contributed by atoms with van der Waals surface area (Å²) in [4.78, 5) is 17.5. The monoisotopic (exact) mass is 493 g/mol. The lowest BCUT2D eigenvalue weighted by Crippen LogP contribution is -2.78. The Balaban J connectivity index is 1.66. The summed E-state index contributed by atoms with van der Waals surface area (Å²) in [6.07, 6.45) is 3.69. The second-order valence-electron chi connectivity index (χ2n) is 11.7. The van der Waals surface area contributed by atoms with Gasteiger partial charge in [0.2, 0.25) is 0 Å². The first-order valence-electron chi connectivity index (χ1n) is 12.8. The van der Waals surface area contributed by atoms with E-state index in [0.717, 1.165) is 19.3 Å². The fourth-order valence-electron chi connectivity index (χ4n) is 10.6. The topological polar surface area (TPSA) is 105 Å². The van der Waals surface area contributed by atoms with Gasteiger partial charge < -0.3 is 33.5 Å². The largest absolute Gasteiger partial charge is 0.462 e. The van der Waals surface area contributed by atoms with Crippen molar-refractivity contribution < 1.29 is 38.3 Å². The number of rotatable bonds is 7. The van der Waals surface area contributed by atoms with E-state index in [2.05, 4.69) is 0 Å². The molecular weight excluding hydrogens is 454 g/mol. The molecule has 0 radical (unpaired) electrons. The molecule has 1 heterocycles. The highest BCUT2D eigenvalue weighted by Crippen LogP contribution is 2.80. The van der Waals surface area contributed by atoms with Crippen molar-refractivity contribution in [2.75, 3.05) is 42.2 Å². The molecule has 1 aliphatic heterocycles. The molecule has 0 saturated heterocycles. The maximum Gasteiger partial charge on any atom is 0.302 e. The van der Waals surface area contributed by atoms with Gasteiger partial charge in [-0.05, 0) is 25.2 Å². The van der Waals surface area contributed by atoms with Gasteiger partial charge in [-0.2, -0.15) is 0 Å². The molecule has 0 amide bonds. The Hall–Kier alpha value is -1.10. The molecule has 196 valence electrons. The van der Waals surface area contributed by atoms with E-state index >= 15 is 0 Å². The van der Waals surface area contributed by atoms with Crippen LogP contribution in [-0.2, 0) is 33.2 Å². The normalized spacial score (nSPS) is 56.8. The molecule has 0 aromatic heterocycles. The summed E-state index contributed by atoms with van der Waals surface area (Å²) in [5.41, 5.74) is -3.40. The van der Waals surface area contributed by atoms with Crippen LogP contribution in [0.3, 0.4) is 0 Å². The molecule has 6 rings (SSSR count). The van der Waals surface area contributed by atoms with E-state index in [-0.39, 0.29) is 47.3 Å². The average molecular weight is 494 g/mol. The molecule has 35 heavy (non-hydrogen) atoms. The number of aliphatic hydroxyl groups is 1. The maximum absolute atomic E-state index is 13.1. The first-order chi connectivity index (χ1) is 16.8. The number of ether oxygens (including phenoxy) is 6. The van der Waals surface area contributed by atoms with Crippen LogP contribution in [0.2, 0.25) is 0 Å². The summed E-state index contributed by atoms with van der Waals surface area (Å²) in [5, 5.41) is 13.1. The van der Waals surface area contributed by atoms with Gasteiger partial charge in [-0.25, -0.2) is 0 Å². The van der Waals surface area contributed by atoms with Crippen molar-refractivity contribution in [3.8, 4) is 0 Å². The Kier molecular flexibility index (Phi) is 5.34. The zero-order valence-corrected chi connectivity index (χ0v) is 21.6. The third-order valence-electron chi connectivity index (χ3n) is 11.2. The van der Waals surface area contributed by atoms with Crippen molar-refractivity contribution in [1.82, 2.24) is 0 Å². The number of methoxy groups -OCH3 is 5. The molecule has 0 aromatic rings. The van der Waals surface area contributed by atoms with E-state index in [1.807, 2.05) is 6.21 Å². The van der Waals surface area contributed by atoms with Crippen LogP contribution in [0.1, 0.15) is 32.6 Å². The molecule has 5 saturated carbocycles. The van der Waals surface area contributed by atoms with Gasteiger partial charge >= 0.3 is 5.97 Å². The van der Waals surface area contributed by atoms with Gasteiger partial charge in [0.15, 0.2) is 0 Å². The van der Waals surface area contributed by atoms with Crippen LogP contribution in [-0.4, -0.2) is 101 Å². The minimum absolute atomic E-state index is 0.0152. The lowest BCUT2D eigenvalue weighted by atomic mass is 9.44. The van der Waals surface area contributed by atoms with Crippen molar-refractivity contribution in [3.63, 3.8) is 0 Å². The highest BCUT2D eigenvalue weighted by Gasteiger charge is 2.91. The smallest absolute Gasteiger partial charge is 0.302 e. The number of carbonyl (C=O) groups excluding carboxylic acids is 1. The van der Waals surface area contributed by atoms with Gasteiger partial charge in [-0.1, -0.05) is 0 Å². The fourth-order valence-corrected chi connectivity index (χ4v) is 10.6. The van der Waals surface area contributed by atoms with E-state index in [4.69, 9.17) is 33.4 Å². The Morgan fingerprint density at radius 1 is 1.14 bits per heavy atom. The number of carbonyl (C=O) groups is 1. The fraction of sp³-hybridized carbons (Fsp3) is 0.923. The van der Waals surface area contributed by atoms with Gasteiger partial charge in [0.05, 0.1) is 31.0 Å². The zero-order chi connectivity index (χ0) is 25.0. The van der Waals surface area contributed by atoms with Gasteiger partial charge in [0.25, 0.3) is 0 Å². The van der Waals surface area contributed by atoms with Crippen LogP contribution < -0.4 is 0 Å². The number of hydrogen-bond acceptors (Lipinski definition) is 9. The first-order valence-corrected chi connectivity index (χ1v) is 12.8. The number of esters is 1. The van der Waals surface area contributed by atoms with E-state index in [1.165, 1.54) is 6.92 Å². The molecule has 9 heteroatoms. The van der Waals surface area contributed by atoms with Crippen LogP contribution in [0.25, 0.3) is 0 Å². The van der Waals surface area contributed by atoms with E-state index in [1.54, 1.807) is 35.5 Å². The van der Waals surface area contributed by atoms with Crippen LogP contribution in [0, 0.1) is 34.5 Å². The second kappa shape index (κ2) is 7.71. The second-order valence-corrected chi connectivity index (χ2v) is 11.7. The Morgan fingerprint density at radius 2 is 1.91 bits per heavy atom. The third-order valence-corrected chi connectivity index (χ3v) is 11.2.